The molecule has 0 radical (unpaired) electrons. The quantitative estimate of drug-likeness (QED) is 0.843. The van der Waals surface area contributed by atoms with Crippen LogP contribution in [0.2, 0.25) is 0 Å². The fourth-order valence-corrected chi connectivity index (χ4v) is 1.71. The summed E-state index contributed by atoms with van der Waals surface area (Å²) >= 11 is 3.31. The van der Waals surface area contributed by atoms with Crippen LogP contribution in [0.4, 0.5) is 0 Å². The van der Waals surface area contributed by atoms with Crippen molar-refractivity contribution in [2.24, 2.45) is 0 Å². The maximum atomic E-state index is 11.8. The summed E-state index contributed by atoms with van der Waals surface area (Å²) in [5.74, 6) is -0.200. The zero-order valence-electron chi connectivity index (χ0n) is 11.2. The molecule has 5 heteroatoms. The maximum Gasteiger partial charge on any atom is 0.251 e. The van der Waals surface area contributed by atoms with Crippen LogP contribution < -0.4 is 10.6 Å². The fourth-order valence-electron chi connectivity index (χ4n) is 1.44. The Morgan fingerprint density at radius 2 is 1.89 bits per heavy atom. The second kappa shape index (κ2) is 7.94. The monoisotopic (exact) mass is 326 g/mol. The average molecular weight is 327 g/mol. The van der Waals surface area contributed by atoms with E-state index in [1.165, 1.54) is 0 Å². The molecule has 2 N–H and O–H groups in total. The SMILES string of the molecule is CCC(C)NC(=O)CCNC(=O)c1ccc(Br)cc1. The molecule has 0 bridgehead atoms. The zero-order valence-corrected chi connectivity index (χ0v) is 12.8. The van der Waals surface area contributed by atoms with Crippen molar-refractivity contribution in [3.63, 3.8) is 0 Å². The topological polar surface area (TPSA) is 58.2 Å². The number of rotatable bonds is 6. The van der Waals surface area contributed by atoms with Crippen molar-refractivity contribution in [2.45, 2.75) is 32.7 Å². The molecule has 1 rings (SSSR count). The molecule has 0 aliphatic heterocycles. The molecule has 1 atom stereocenters. The summed E-state index contributed by atoms with van der Waals surface area (Å²) in [4.78, 5) is 23.3. The highest BCUT2D eigenvalue weighted by Gasteiger charge is 2.07. The van der Waals surface area contributed by atoms with Gasteiger partial charge in [-0.15, -0.1) is 0 Å². The van der Waals surface area contributed by atoms with Crippen LogP contribution in [0.5, 0.6) is 0 Å². The Bertz CT molecular complexity index is 432. The summed E-state index contributed by atoms with van der Waals surface area (Å²) in [5.41, 5.74) is 0.588. The third kappa shape index (κ3) is 5.87. The molecule has 0 saturated carbocycles. The molecule has 0 aliphatic rings. The Hall–Kier alpha value is -1.36. The number of halogens is 1. The van der Waals surface area contributed by atoms with Gasteiger partial charge < -0.3 is 10.6 Å². The molecule has 2 amide bonds. The smallest absolute Gasteiger partial charge is 0.251 e. The number of amides is 2. The normalized spacial score (nSPS) is 11.7. The van der Waals surface area contributed by atoms with Gasteiger partial charge in [0.15, 0.2) is 0 Å². The van der Waals surface area contributed by atoms with Gasteiger partial charge in [0.2, 0.25) is 5.91 Å². The summed E-state index contributed by atoms with van der Waals surface area (Å²) in [5, 5.41) is 5.58. The van der Waals surface area contributed by atoms with Crippen LogP contribution in [0.3, 0.4) is 0 Å². The van der Waals surface area contributed by atoms with E-state index in [1.54, 1.807) is 12.1 Å². The first-order valence-corrected chi connectivity index (χ1v) is 7.15. The van der Waals surface area contributed by atoms with Gasteiger partial charge in [-0.1, -0.05) is 22.9 Å². The van der Waals surface area contributed by atoms with Gasteiger partial charge in [0.05, 0.1) is 0 Å². The summed E-state index contributed by atoms with van der Waals surface area (Å²) in [7, 11) is 0. The minimum Gasteiger partial charge on any atom is -0.354 e. The van der Waals surface area contributed by atoms with Gasteiger partial charge in [-0.25, -0.2) is 0 Å². The molecule has 104 valence electrons. The molecular weight excluding hydrogens is 308 g/mol. The van der Waals surface area contributed by atoms with E-state index >= 15 is 0 Å². The lowest BCUT2D eigenvalue weighted by molar-refractivity contribution is -0.121. The van der Waals surface area contributed by atoms with Crippen molar-refractivity contribution < 1.29 is 9.59 Å². The van der Waals surface area contributed by atoms with Crippen LogP contribution in [0.15, 0.2) is 28.7 Å². The molecule has 0 spiro atoms. The fraction of sp³-hybridized carbons (Fsp3) is 0.429. The Balaban J connectivity index is 2.31. The van der Waals surface area contributed by atoms with Crippen molar-refractivity contribution >= 4 is 27.7 Å². The van der Waals surface area contributed by atoms with E-state index in [4.69, 9.17) is 0 Å². The minimum atomic E-state index is -0.163. The van der Waals surface area contributed by atoms with E-state index in [-0.39, 0.29) is 17.9 Å². The van der Waals surface area contributed by atoms with Crippen LogP contribution in [-0.4, -0.2) is 24.4 Å². The first kappa shape index (κ1) is 15.7. The molecule has 19 heavy (non-hydrogen) atoms. The van der Waals surface area contributed by atoms with E-state index in [2.05, 4.69) is 26.6 Å². The molecular formula is C14H19BrN2O2. The second-order valence-electron chi connectivity index (χ2n) is 4.39. The van der Waals surface area contributed by atoms with Crippen LogP contribution in [-0.2, 0) is 4.79 Å². The van der Waals surface area contributed by atoms with Crippen molar-refractivity contribution in [1.82, 2.24) is 10.6 Å². The molecule has 0 aromatic heterocycles. The van der Waals surface area contributed by atoms with Gasteiger partial charge in [-0.2, -0.15) is 0 Å². The predicted octanol–water partition coefficient (Wildman–Crippen LogP) is 2.48. The van der Waals surface area contributed by atoms with Crippen molar-refractivity contribution in [2.75, 3.05) is 6.54 Å². The molecule has 0 fully saturated rings. The largest absolute Gasteiger partial charge is 0.354 e. The number of benzene rings is 1. The average Bonchev–Trinajstić information content (AvgIpc) is 2.39. The number of hydrogen-bond donors (Lipinski definition) is 2. The van der Waals surface area contributed by atoms with Gasteiger partial charge >= 0.3 is 0 Å². The summed E-state index contributed by atoms with van der Waals surface area (Å²) in [6.07, 6.45) is 1.20. The lowest BCUT2D eigenvalue weighted by atomic mass is 10.2. The Morgan fingerprint density at radius 3 is 2.47 bits per heavy atom. The van der Waals surface area contributed by atoms with E-state index in [1.807, 2.05) is 26.0 Å². The predicted molar refractivity (Wildman–Crippen MR) is 79.0 cm³/mol. The highest BCUT2D eigenvalue weighted by Crippen LogP contribution is 2.10. The number of hydrogen-bond acceptors (Lipinski definition) is 2. The molecule has 0 saturated heterocycles. The van der Waals surface area contributed by atoms with Crippen LogP contribution in [0.25, 0.3) is 0 Å². The van der Waals surface area contributed by atoms with E-state index in [0.29, 0.717) is 18.5 Å². The first-order valence-electron chi connectivity index (χ1n) is 6.36. The number of carbonyl (C=O) groups is 2. The molecule has 0 aliphatic carbocycles. The molecule has 1 aromatic rings. The number of nitrogens with one attached hydrogen (secondary N) is 2. The van der Waals surface area contributed by atoms with E-state index in [0.717, 1.165) is 10.9 Å². The van der Waals surface area contributed by atoms with Gasteiger partial charge in [-0.3, -0.25) is 9.59 Å². The van der Waals surface area contributed by atoms with Crippen molar-refractivity contribution in [3.8, 4) is 0 Å². The summed E-state index contributed by atoms with van der Waals surface area (Å²) < 4.78 is 0.928. The number of carbonyl (C=O) groups excluding carboxylic acids is 2. The highest BCUT2D eigenvalue weighted by molar-refractivity contribution is 9.10. The Morgan fingerprint density at radius 1 is 1.26 bits per heavy atom. The van der Waals surface area contributed by atoms with Crippen molar-refractivity contribution in [3.05, 3.63) is 34.3 Å². The van der Waals surface area contributed by atoms with Crippen LogP contribution in [0, 0.1) is 0 Å². The maximum absolute atomic E-state index is 11.8. The van der Waals surface area contributed by atoms with Crippen LogP contribution >= 0.6 is 15.9 Å². The van der Waals surface area contributed by atoms with Gasteiger partial charge in [-0.05, 0) is 37.6 Å². The van der Waals surface area contributed by atoms with E-state index in [9.17, 15) is 9.59 Å². The third-order valence-corrected chi connectivity index (χ3v) is 3.29. The molecule has 1 unspecified atom stereocenters. The second-order valence-corrected chi connectivity index (χ2v) is 5.31. The minimum absolute atomic E-state index is 0.0366. The molecule has 0 heterocycles. The lowest BCUT2D eigenvalue weighted by Gasteiger charge is -2.11. The standard InChI is InChI=1S/C14H19BrN2O2/c1-3-10(2)17-13(18)8-9-16-14(19)11-4-6-12(15)7-5-11/h4-7,10H,3,8-9H2,1-2H3,(H,16,19)(H,17,18). The Kier molecular flexibility index (Phi) is 6.56. The van der Waals surface area contributed by atoms with Gasteiger partial charge in [0, 0.05) is 29.0 Å². The third-order valence-electron chi connectivity index (χ3n) is 2.76. The molecule has 4 nitrogen and oxygen atoms in total. The van der Waals surface area contributed by atoms with Gasteiger partial charge in [0.1, 0.15) is 0 Å². The summed E-state index contributed by atoms with van der Waals surface area (Å²) in [6, 6.07) is 7.27. The zero-order chi connectivity index (χ0) is 14.3. The first-order chi connectivity index (χ1) is 9.02. The summed E-state index contributed by atoms with van der Waals surface area (Å²) in [6.45, 7) is 4.32. The lowest BCUT2D eigenvalue weighted by Crippen LogP contribution is -2.35. The molecule has 1 aromatic carbocycles. The highest BCUT2D eigenvalue weighted by atomic mass is 79.9. The van der Waals surface area contributed by atoms with E-state index < -0.39 is 0 Å². The van der Waals surface area contributed by atoms with Crippen LogP contribution in [0.1, 0.15) is 37.0 Å². The van der Waals surface area contributed by atoms with Gasteiger partial charge in [0.25, 0.3) is 5.91 Å². The van der Waals surface area contributed by atoms with Crippen molar-refractivity contribution in [1.29, 1.82) is 0 Å². The Labute approximate surface area is 122 Å².